The van der Waals surface area contributed by atoms with Crippen molar-refractivity contribution in [2.45, 2.75) is 18.9 Å². The van der Waals surface area contributed by atoms with E-state index >= 15 is 0 Å². The number of aromatic nitrogens is 1. The van der Waals surface area contributed by atoms with Crippen LogP contribution >= 0.6 is 0 Å². The third kappa shape index (κ3) is 2.45. The number of anilines is 1. The van der Waals surface area contributed by atoms with E-state index in [2.05, 4.69) is 16.4 Å². The lowest BCUT2D eigenvalue weighted by molar-refractivity contribution is 0.0876. The second-order valence-electron chi connectivity index (χ2n) is 3.59. The molecule has 0 saturated carbocycles. The molecule has 1 fully saturated rings. The van der Waals surface area contributed by atoms with Crippen LogP contribution in [0.5, 0.6) is 0 Å². The van der Waals surface area contributed by atoms with Gasteiger partial charge in [0.1, 0.15) is 6.07 Å². The van der Waals surface area contributed by atoms with Crippen molar-refractivity contribution in [3.8, 4) is 6.07 Å². The van der Waals surface area contributed by atoms with E-state index in [4.69, 9.17) is 10.00 Å². The standard InChI is InChI=1S/C11H13N3O/c12-6-9-3-4-13-7-11(9)14-10-2-1-5-15-8-10/h3-4,7,10,14H,1-2,5,8H2. The fourth-order valence-corrected chi connectivity index (χ4v) is 1.68. The number of hydrogen-bond acceptors (Lipinski definition) is 4. The first-order chi connectivity index (χ1) is 7.40. The maximum atomic E-state index is 8.90. The average Bonchev–Trinajstić information content (AvgIpc) is 2.31. The maximum absolute atomic E-state index is 8.90. The van der Waals surface area contributed by atoms with E-state index in [-0.39, 0.29) is 0 Å². The second kappa shape index (κ2) is 4.76. The van der Waals surface area contributed by atoms with Gasteiger partial charge >= 0.3 is 0 Å². The fraction of sp³-hybridized carbons (Fsp3) is 0.455. The van der Waals surface area contributed by atoms with Gasteiger partial charge in [-0.15, -0.1) is 0 Å². The van der Waals surface area contributed by atoms with Gasteiger partial charge in [0.25, 0.3) is 0 Å². The zero-order valence-electron chi connectivity index (χ0n) is 8.44. The van der Waals surface area contributed by atoms with E-state index < -0.39 is 0 Å². The summed E-state index contributed by atoms with van der Waals surface area (Å²) in [7, 11) is 0. The molecule has 0 aromatic carbocycles. The van der Waals surface area contributed by atoms with Crippen molar-refractivity contribution in [1.82, 2.24) is 4.98 Å². The Hall–Kier alpha value is -1.60. The molecule has 2 heterocycles. The topological polar surface area (TPSA) is 57.9 Å². The van der Waals surface area contributed by atoms with Gasteiger partial charge in [-0.2, -0.15) is 5.26 Å². The maximum Gasteiger partial charge on any atom is 0.101 e. The Balaban J connectivity index is 2.06. The van der Waals surface area contributed by atoms with Gasteiger partial charge in [0.2, 0.25) is 0 Å². The summed E-state index contributed by atoms with van der Waals surface area (Å²) in [5, 5.41) is 12.2. The minimum absolute atomic E-state index is 0.301. The first kappa shape index (κ1) is 9.94. The summed E-state index contributed by atoms with van der Waals surface area (Å²) in [6, 6.07) is 4.16. The normalized spacial score (nSPS) is 20.6. The van der Waals surface area contributed by atoms with Crippen LogP contribution < -0.4 is 5.32 Å². The van der Waals surface area contributed by atoms with Crippen molar-refractivity contribution >= 4 is 5.69 Å². The number of hydrogen-bond donors (Lipinski definition) is 1. The molecule has 1 aliphatic rings. The molecule has 1 saturated heterocycles. The number of nitrogens with zero attached hydrogens (tertiary/aromatic N) is 2. The minimum Gasteiger partial charge on any atom is -0.379 e. The first-order valence-corrected chi connectivity index (χ1v) is 5.08. The first-order valence-electron chi connectivity index (χ1n) is 5.08. The van der Waals surface area contributed by atoms with E-state index in [9.17, 15) is 0 Å². The minimum atomic E-state index is 0.301. The van der Waals surface area contributed by atoms with E-state index in [1.807, 2.05) is 0 Å². The van der Waals surface area contributed by atoms with E-state index in [0.717, 1.165) is 25.1 Å². The molecule has 0 bridgehead atoms. The lowest BCUT2D eigenvalue weighted by Gasteiger charge is -2.24. The molecular weight excluding hydrogens is 190 g/mol. The summed E-state index contributed by atoms with van der Waals surface area (Å²) < 4.78 is 5.36. The van der Waals surface area contributed by atoms with Crippen molar-refractivity contribution in [3.05, 3.63) is 24.0 Å². The molecular formula is C11H13N3O. The van der Waals surface area contributed by atoms with Gasteiger partial charge in [-0.3, -0.25) is 4.98 Å². The Morgan fingerprint density at radius 3 is 3.27 bits per heavy atom. The SMILES string of the molecule is N#Cc1ccncc1NC1CCCOC1. The summed E-state index contributed by atoms with van der Waals surface area (Å²) in [6.07, 6.45) is 5.47. The van der Waals surface area contributed by atoms with Gasteiger partial charge in [0, 0.05) is 18.8 Å². The van der Waals surface area contributed by atoms with Crippen molar-refractivity contribution < 1.29 is 4.74 Å². The molecule has 15 heavy (non-hydrogen) atoms. The van der Waals surface area contributed by atoms with Crippen molar-refractivity contribution in [2.24, 2.45) is 0 Å². The molecule has 1 aromatic rings. The van der Waals surface area contributed by atoms with Crippen LogP contribution in [-0.4, -0.2) is 24.2 Å². The number of ether oxygens (including phenoxy) is 1. The fourth-order valence-electron chi connectivity index (χ4n) is 1.68. The number of rotatable bonds is 2. The quantitative estimate of drug-likeness (QED) is 0.792. The molecule has 1 N–H and O–H groups in total. The van der Waals surface area contributed by atoms with Crippen LogP contribution in [0.15, 0.2) is 18.5 Å². The second-order valence-corrected chi connectivity index (χ2v) is 3.59. The van der Waals surface area contributed by atoms with Crippen LogP contribution in [0.4, 0.5) is 5.69 Å². The third-order valence-electron chi connectivity index (χ3n) is 2.46. The molecule has 1 aliphatic heterocycles. The Kier molecular flexibility index (Phi) is 3.15. The molecule has 0 amide bonds. The van der Waals surface area contributed by atoms with Crippen LogP contribution in [0.2, 0.25) is 0 Å². The van der Waals surface area contributed by atoms with Crippen molar-refractivity contribution in [3.63, 3.8) is 0 Å². The molecule has 4 nitrogen and oxygen atoms in total. The molecule has 0 aliphatic carbocycles. The highest BCUT2D eigenvalue weighted by Gasteiger charge is 2.14. The average molecular weight is 203 g/mol. The highest BCUT2D eigenvalue weighted by molar-refractivity contribution is 5.55. The summed E-state index contributed by atoms with van der Waals surface area (Å²) in [5.74, 6) is 0. The van der Waals surface area contributed by atoms with Gasteiger partial charge < -0.3 is 10.1 Å². The van der Waals surface area contributed by atoms with Crippen molar-refractivity contribution in [1.29, 1.82) is 5.26 Å². The Morgan fingerprint density at radius 2 is 2.53 bits per heavy atom. The molecule has 0 spiro atoms. The Morgan fingerprint density at radius 1 is 1.60 bits per heavy atom. The van der Waals surface area contributed by atoms with E-state index in [1.54, 1.807) is 18.5 Å². The van der Waals surface area contributed by atoms with E-state index in [1.165, 1.54) is 0 Å². The van der Waals surface area contributed by atoms with Gasteiger partial charge in [0.15, 0.2) is 0 Å². The van der Waals surface area contributed by atoms with Crippen LogP contribution in [0.3, 0.4) is 0 Å². The molecule has 4 heteroatoms. The summed E-state index contributed by atoms with van der Waals surface area (Å²) in [6.45, 7) is 1.55. The van der Waals surface area contributed by atoms with Gasteiger partial charge in [-0.25, -0.2) is 0 Å². The Labute approximate surface area is 88.9 Å². The monoisotopic (exact) mass is 203 g/mol. The van der Waals surface area contributed by atoms with Crippen LogP contribution in [-0.2, 0) is 4.74 Å². The summed E-state index contributed by atoms with van der Waals surface area (Å²) in [4.78, 5) is 4.00. The zero-order valence-corrected chi connectivity index (χ0v) is 8.44. The summed E-state index contributed by atoms with van der Waals surface area (Å²) in [5.41, 5.74) is 1.44. The van der Waals surface area contributed by atoms with Crippen molar-refractivity contribution in [2.75, 3.05) is 18.5 Å². The number of nitriles is 1. The molecule has 78 valence electrons. The Bertz CT molecular complexity index is 366. The van der Waals surface area contributed by atoms with Gasteiger partial charge in [-0.1, -0.05) is 0 Å². The molecule has 0 radical (unpaired) electrons. The largest absolute Gasteiger partial charge is 0.379 e. The van der Waals surface area contributed by atoms with Gasteiger partial charge in [0.05, 0.1) is 24.1 Å². The zero-order chi connectivity index (χ0) is 10.5. The van der Waals surface area contributed by atoms with Crippen LogP contribution in [0, 0.1) is 11.3 Å². The van der Waals surface area contributed by atoms with Crippen LogP contribution in [0.1, 0.15) is 18.4 Å². The lowest BCUT2D eigenvalue weighted by Crippen LogP contribution is -2.30. The molecule has 1 atom stereocenters. The lowest BCUT2D eigenvalue weighted by atomic mass is 10.1. The van der Waals surface area contributed by atoms with E-state index in [0.29, 0.717) is 18.2 Å². The smallest absolute Gasteiger partial charge is 0.101 e. The molecule has 1 aromatic heterocycles. The number of pyridine rings is 1. The highest BCUT2D eigenvalue weighted by atomic mass is 16.5. The predicted octanol–water partition coefficient (Wildman–Crippen LogP) is 1.54. The highest BCUT2D eigenvalue weighted by Crippen LogP contribution is 2.16. The molecule has 1 unspecified atom stereocenters. The summed E-state index contributed by atoms with van der Waals surface area (Å²) >= 11 is 0. The van der Waals surface area contributed by atoms with Gasteiger partial charge in [-0.05, 0) is 18.9 Å². The third-order valence-corrected chi connectivity index (χ3v) is 2.46. The predicted molar refractivity (Wildman–Crippen MR) is 56.4 cm³/mol. The van der Waals surface area contributed by atoms with Crippen LogP contribution in [0.25, 0.3) is 0 Å². The number of nitrogens with one attached hydrogen (secondary N) is 1. The molecule has 2 rings (SSSR count).